The molecule has 4 nitrogen and oxygen atoms in total. The van der Waals surface area contributed by atoms with Crippen molar-refractivity contribution in [3.05, 3.63) is 12.3 Å². The van der Waals surface area contributed by atoms with Crippen LogP contribution in [0, 0.1) is 11.8 Å². The zero-order valence-corrected chi connectivity index (χ0v) is 11.4. The molecule has 2 unspecified atom stereocenters. The molecule has 18 heavy (non-hydrogen) atoms. The Labute approximate surface area is 110 Å². The molecule has 0 saturated heterocycles. The molecule has 1 aliphatic carbocycles. The Morgan fingerprint density at radius 3 is 2.89 bits per heavy atom. The van der Waals surface area contributed by atoms with E-state index in [1.54, 1.807) is 6.20 Å². The second-order valence-electron chi connectivity index (χ2n) is 5.20. The predicted octanol–water partition coefficient (Wildman–Crippen LogP) is 3.15. The number of hydrogen-bond acceptors (Lipinski definition) is 4. The Morgan fingerprint density at radius 2 is 2.11 bits per heavy atom. The van der Waals surface area contributed by atoms with E-state index >= 15 is 0 Å². The van der Waals surface area contributed by atoms with Crippen LogP contribution in [0.15, 0.2) is 12.3 Å². The van der Waals surface area contributed by atoms with Crippen molar-refractivity contribution < 1.29 is 0 Å². The summed E-state index contributed by atoms with van der Waals surface area (Å²) in [4.78, 5) is 8.62. The summed E-state index contributed by atoms with van der Waals surface area (Å²) in [5.74, 6) is 3.26. The molecule has 1 aromatic heterocycles. The first-order valence-corrected chi connectivity index (χ1v) is 7.10. The van der Waals surface area contributed by atoms with E-state index in [1.807, 2.05) is 13.0 Å². The highest BCUT2D eigenvalue weighted by Gasteiger charge is 2.20. The van der Waals surface area contributed by atoms with Crippen molar-refractivity contribution in [3.63, 3.8) is 0 Å². The zero-order chi connectivity index (χ0) is 12.8. The molecule has 1 aromatic rings. The van der Waals surface area contributed by atoms with Crippen molar-refractivity contribution in [1.82, 2.24) is 9.97 Å². The lowest BCUT2D eigenvalue weighted by atomic mass is 9.80. The number of aromatic nitrogens is 2. The highest BCUT2D eigenvalue weighted by atomic mass is 15.1. The zero-order valence-electron chi connectivity index (χ0n) is 11.4. The lowest BCUT2D eigenvalue weighted by Crippen LogP contribution is -2.24. The quantitative estimate of drug-likeness (QED) is 0.840. The molecule has 1 saturated carbocycles. The van der Waals surface area contributed by atoms with E-state index < -0.39 is 0 Å². The average Bonchev–Trinajstić information content (AvgIpc) is 2.39. The van der Waals surface area contributed by atoms with Crippen LogP contribution >= 0.6 is 0 Å². The van der Waals surface area contributed by atoms with Crippen LogP contribution in [0.4, 0.5) is 11.8 Å². The minimum atomic E-state index is 0.708. The number of nitrogens with one attached hydrogen (secondary N) is 2. The second kappa shape index (κ2) is 6.57. The normalized spacial score (nSPS) is 23.7. The fraction of sp³-hybridized carbons (Fsp3) is 0.714. The topological polar surface area (TPSA) is 49.8 Å². The maximum Gasteiger partial charge on any atom is 0.224 e. The van der Waals surface area contributed by atoms with Gasteiger partial charge in [0, 0.05) is 19.3 Å². The van der Waals surface area contributed by atoms with Gasteiger partial charge in [0.15, 0.2) is 0 Å². The van der Waals surface area contributed by atoms with Gasteiger partial charge in [0.1, 0.15) is 5.82 Å². The molecule has 1 aliphatic rings. The first-order valence-electron chi connectivity index (χ1n) is 7.10. The van der Waals surface area contributed by atoms with E-state index in [9.17, 15) is 0 Å². The summed E-state index contributed by atoms with van der Waals surface area (Å²) in [6, 6.07) is 1.94. The van der Waals surface area contributed by atoms with Gasteiger partial charge in [-0.05, 0) is 31.2 Å². The van der Waals surface area contributed by atoms with E-state index in [-0.39, 0.29) is 0 Å². The van der Waals surface area contributed by atoms with Crippen LogP contribution in [-0.2, 0) is 0 Å². The third-order valence-corrected chi connectivity index (χ3v) is 3.82. The summed E-state index contributed by atoms with van der Waals surface area (Å²) < 4.78 is 0. The maximum absolute atomic E-state index is 4.44. The SMILES string of the molecule is CCNc1nccc(NCC2CCCCC2C)n1. The monoisotopic (exact) mass is 248 g/mol. The molecular weight excluding hydrogens is 224 g/mol. The van der Waals surface area contributed by atoms with E-state index in [1.165, 1.54) is 25.7 Å². The smallest absolute Gasteiger partial charge is 0.224 e. The summed E-state index contributed by atoms with van der Waals surface area (Å²) in [5, 5.41) is 6.58. The Kier molecular flexibility index (Phi) is 4.79. The lowest BCUT2D eigenvalue weighted by Gasteiger charge is -2.28. The first-order chi connectivity index (χ1) is 8.79. The van der Waals surface area contributed by atoms with Crippen LogP contribution in [-0.4, -0.2) is 23.1 Å². The van der Waals surface area contributed by atoms with Gasteiger partial charge < -0.3 is 10.6 Å². The Balaban J connectivity index is 1.87. The molecule has 1 heterocycles. The van der Waals surface area contributed by atoms with Gasteiger partial charge in [-0.25, -0.2) is 4.98 Å². The highest BCUT2D eigenvalue weighted by molar-refractivity contribution is 5.39. The number of anilines is 2. The van der Waals surface area contributed by atoms with E-state index in [2.05, 4.69) is 27.5 Å². The summed E-state index contributed by atoms with van der Waals surface area (Å²) in [7, 11) is 0. The van der Waals surface area contributed by atoms with Crippen molar-refractivity contribution in [2.24, 2.45) is 11.8 Å². The Morgan fingerprint density at radius 1 is 1.28 bits per heavy atom. The Bertz CT molecular complexity index is 367. The number of rotatable bonds is 5. The molecule has 0 aromatic carbocycles. The van der Waals surface area contributed by atoms with E-state index in [0.717, 1.165) is 30.7 Å². The summed E-state index contributed by atoms with van der Waals surface area (Å²) >= 11 is 0. The van der Waals surface area contributed by atoms with Crippen LogP contribution in [0.25, 0.3) is 0 Å². The fourth-order valence-corrected chi connectivity index (χ4v) is 2.63. The third kappa shape index (κ3) is 3.59. The van der Waals surface area contributed by atoms with Gasteiger partial charge >= 0.3 is 0 Å². The predicted molar refractivity (Wildman–Crippen MR) is 75.8 cm³/mol. The van der Waals surface area contributed by atoms with Crippen molar-refractivity contribution in [2.75, 3.05) is 23.7 Å². The molecule has 1 fully saturated rings. The molecule has 4 heteroatoms. The highest BCUT2D eigenvalue weighted by Crippen LogP contribution is 2.29. The first kappa shape index (κ1) is 13.1. The minimum absolute atomic E-state index is 0.708. The number of hydrogen-bond donors (Lipinski definition) is 2. The van der Waals surface area contributed by atoms with E-state index in [4.69, 9.17) is 0 Å². The van der Waals surface area contributed by atoms with Crippen LogP contribution < -0.4 is 10.6 Å². The number of nitrogens with zero attached hydrogens (tertiary/aromatic N) is 2. The lowest BCUT2D eigenvalue weighted by molar-refractivity contribution is 0.268. The van der Waals surface area contributed by atoms with E-state index in [0.29, 0.717) is 5.95 Å². The van der Waals surface area contributed by atoms with Gasteiger partial charge in [0.05, 0.1) is 0 Å². The molecule has 0 radical (unpaired) electrons. The van der Waals surface area contributed by atoms with Crippen molar-refractivity contribution in [3.8, 4) is 0 Å². The molecule has 0 amide bonds. The third-order valence-electron chi connectivity index (χ3n) is 3.82. The van der Waals surface area contributed by atoms with Crippen LogP contribution in [0.2, 0.25) is 0 Å². The second-order valence-corrected chi connectivity index (χ2v) is 5.20. The van der Waals surface area contributed by atoms with Gasteiger partial charge in [-0.1, -0.05) is 26.2 Å². The summed E-state index contributed by atoms with van der Waals surface area (Å²) in [6.45, 7) is 6.30. The van der Waals surface area contributed by atoms with Crippen LogP contribution in [0.5, 0.6) is 0 Å². The largest absolute Gasteiger partial charge is 0.370 e. The molecular formula is C14H24N4. The van der Waals surface area contributed by atoms with Crippen molar-refractivity contribution in [1.29, 1.82) is 0 Å². The molecule has 2 atom stereocenters. The van der Waals surface area contributed by atoms with Gasteiger partial charge in [0.25, 0.3) is 0 Å². The maximum atomic E-state index is 4.44. The standard InChI is InChI=1S/C14H24N4/c1-3-15-14-16-9-8-13(18-14)17-10-12-7-5-4-6-11(12)2/h8-9,11-12H,3-7,10H2,1-2H3,(H2,15,16,17,18). The molecule has 100 valence electrons. The van der Waals surface area contributed by atoms with Crippen LogP contribution in [0.3, 0.4) is 0 Å². The van der Waals surface area contributed by atoms with Gasteiger partial charge in [-0.3, -0.25) is 0 Å². The average molecular weight is 248 g/mol. The van der Waals surface area contributed by atoms with Crippen LogP contribution in [0.1, 0.15) is 39.5 Å². The van der Waals surface area contributed by atoms with Gasteiger partial charge in [0.2, 0.25) is 5.95 Å². The molecule has 0 aliphatic heterocycles. The fourth-order valence-electron chi connectivity index (χ4n) is 2.63. The minimum Gasteiger partial charge on any atom is -0.370 e. The molecule has 2 N–H and O–H groups in total. The van der Waals surface area contributed by atoms with Crippen molar-refractivity contribution in [2.45, 2.75) is 39.5 Å². The van der Waals surface area contributed by atoms with Gasteiger partial charge in [-0.2, -0.15) is 4.98 Å². The molecule has 0 bridgehead atoms. The summed E-state index contributed by atoms with van der Waals surface area (Å²) in [6.07, 6.45) is 7.30. The van der Waals surface area contributed by atoms with Gasteiger partial charge in [-0.15, -0.1) is 0 Å². The Hall–Kier alpha value is -1.32. The van der Waals surface area contributed by atoms with Crippen molar-refractivity contribution >= 4 is 11.8 Å². The molecule has 0 spiro atoms. The summed E-state index contributed by atoms with van der Waals surface area (Å²) in [5.41, 5.74) is 0. The molecule has 2 rings (SSSR count).